The molecule has 0 aliphatic rings. The molecule has 0 aliphatic carbocycles. The molecule has 2 atom stereocenters. The summed E-state index contributed by atoms with van der Waals surface area (Å²) in [7, 11) is 5.87. The molecule has 2 unspecified atom stereocenters. The highest BCUT2D eigenvalue weighted by molar-refractivity contribution is 5.70. The van der Waals surface area contributed by atoms with Crippen LogP contribution in [0.15, 0.2) is 134 Å². The standard InChI is InChI=1S/C56H87NO8/c1-6-8-10-12-14-16-18-20-22-24-26-27-29-30-32-34-36-38-40-42-44-46-53(58)63-50-52(51-64-56(55(60)61)62-49-48-57(3,4)5)65-54(59)47-45-43-41-39-37-35-33-31-28-25-23-21-19-17-15-13-11-9-7-2/h8-11,14-17,20-23,26-28,30-32,35,37,41,43,52,56H,6-7,12-13,18-19,24-25,29,33-34,36,38-40,42,44-51H2,1-5H3/b10-8-,11-9-,16-14-,17-15-,22-20-,23-21-,27-26-,31-28-,32-30-,37-35-,43-41-. The first kappa shape index (κ1) is 60.4. The van der Waals surface area contributed by atoms with Crippen molar-refractivity contribution in [1.29, 1.82) is 0 Å². The van der Waals surface area contributed by atoms with Crippen LogP contribution in [0.2, 0.25) is 0 Å². The van der Waals surface area contributed by atoms with Gasteiger partial charge in [-0.15, -0.1) is 0 Å². The third-order valence-corrected chi connectivity index (χ3v) is 9.41. The number of carboxylic acid groups (broad SMARTS) is 1. The van der Waals surface area contributed by atoms with Gasteiger partial charge in [0.1, 0.15) is 13.2 Å². The van der Waals surface area contributed by atoms with Crippen molar-refractivity contribution in [2.75, 3.05) is 47.5 Å². The van der Waals surface area contributed by atoms with Crippen LogP contribution < -0.4 is 5.11 Å². The monoisotopic (exact) mass is 902 g/mol. The highest BCUT2D eigenvalue weighted by Crippen LogP contribution is 2.11. The number of hydrogen-bond acceptors (Lipinski definition) is 8. The third-order valence-electron chi connectivity index (χ3n) is 9.41. The number of carboxylic acids is 1. The molecule has 0 radical (unpaired) electrons. The van der Waals surface area contributed by atoms with Crippen molar-refractivity contribution >= 4 is 17.9 Å². The Morgan fingerprint density at radius 1 is 0.462 bits per heavy atom. The van der Waals surface area contributed by atoms with Crippen molar-refractivity contribution in [3.8, 4) is 0 Å². The van der Waals surface area contributed by atoms with Crippen molar-refractivity contribution in [1.82, 2.24) is 0 Å². The molecule has 0 heterocycles. The van der Waals surface area contributed by atoms with Gasteiger partial charge in [0.25, 0.3) is 0 Å². The average molecular weight is 902 g/mol. The molecule has 0 bridgehead atoms. The normalized spacial score (nSPS) is 14.0. The number of carbonyl (C=O) groups excluding carboxylic acids is 3. The Hall–Kier alpha value is -4.57. The van der Waals surface area contributed by atoms with E-state index in [4.69, 9.17) is 18.9 Å². The molecule has 0 saturated heterocycles. The highest BCUT2D eigenvalue weighted by Gasteiger charge is 2.21. The summed E-state index contributed by atoms with van der Waals surface area (Å²) >= 11 is 0. The average Bonchev–Trinajstić information content (AvgIpc) is 3.27. The summed E-state index contributed by atoms with van der Waals surface area (Å²) in [5, 5.41) is 11.7. The van der Waals surface area contributed by atoms with Gasteiger partial charge in [0.05, 0.1) is 40.3 Å². The molecule has 65 heavy (non-hydrogen) atoms. The molecule has 0 aromatic rings. The molecule has 0 spiro atoms. The number of carbonyl (C=O) groups is 3. The third kappa shape index (κ3) is 47.2. The van der Waals surface area contributed by atoms with E-state index < -0.39 is 30.3 Å². The van der Waals surface area contributed by atoms with Crippen molar-refractivity contribution in [2.45, 2.75) is 155 Å². The maximum Gasteiger partial charge on any atom is 0.306 e. The number of hydrogen-bond donors (Lipinski definition) is 0. The van der Waals surface area contributed by atoms with Gasteiger partial charge in [-0.2, -0.15) is 0 Å². The van der Waals surface area contributed by atoms with E-state index in [1.807, 2.05) is 33.3 Å². The smallest absolute Gasteiger partial charge is 0.306 e. The molecular formula is C56H87NO8. The molecule has 0 amide bonds. The van der Waals surface area contributed by atoms with Crippen LogP contribution in [0, 0.1) is 0 Å². The molecule has 0 rings (SSSR count). The van der Waals surface area contributed by atoms with Gasteiger partial charge in [-0.1, -0.05) is 167 Å². The Balaban J connectivity index is 4.57. The predicted molar refractivity (Wildman–Crippen MR) is 269 cm³/mol. The number of ether oxygens (including phenoxy) is 4. The minimum absolute atomic E-state index is 0.109. The van der Waals surface area contributed by atoms with Gasteiger partial charge >= 0.3 is 11.9 Å². The first-order valence-electron chi connectivity index (χ1n) is 24.3. The van der Waals surface area contributed by atoms with Crippen molar-refractivity contribution in [2.24, 2.45) is 0 Å². The summed E-state index contributed by atoms with van der Waals surface area (Å²) in [5.41, 5.74) is 0. The van der Waals surface area contributed by atoms with E-state index in [1.165, 1.54) is 0 Å². The number of quaternary nitrogens is 1. The fourth-order valence-electron chi connectivity index (χ4n) is 5.70. The van der Waals surface area contributed by atoms with Gasteiger partial charge < -0.3 is 33.3 Å². The van der Waals surface area contributed by atoms with E-state index in [0.717, 1.165) is 103 Å². The minimum Gasteiger partial charge on any atom is -0.545 e. The number of nitrogens with zero attached hydrogens (tertiary/aromatic N) is 1. The van der Waals surface area contributed by atoms with Crippen LogP contribution in [0.5, 0.6) is 0 Å². The van der Waals surface area contributed by atoms with E-state index in [-0.39, 0.29) is 32.7 Å². The van der Waals surface area contributed by atoms with Gasteiger partial charge in [-0.25, -0.2) is 0 Å². The number of rotatable bonds is 42. The zero-order chi connectivity index (χ0) is 47.7. The van der Waals surface area contributed by atoms with Gasteiger partial charge in [-0.3, -0.25) is 9.59 Å². The van der Waals surface area contributed by atoms with Crippen LogP contribution >= 0.6 is 0 Å². The summed E-state index contributed by atoms with van der Waals surface area (Å²) < 4.78 is 22.5. The lowest BCUT2D eigenvalue weighted by atomic mass is 10.1. The minimum atomic E-state index is -1.65. The van der Waals surface area contributed by atoms with E-state index >= 15 is 0 Å². The fraction of sp³-hybridized carbons (Fsp3) is 0.554. The summed E-state index contributed by atoms with van der Waals surface area (Å²) in [5.74, 6) is -2.45. The molecule has 0 N–H and O–H groups in total. The van der Waals surface area contributed by atoms with Crippen LogP contribution in [0.3, 0.4) is 0 Å². The number of aliphatic carboxylic acids is 1. The van der Waals surface area contributed by atoms with Gasteiger partial charge in [0.2, 0.25) is 0 Å². The van der Waals surface area contributed by atoms with Gasteiger partial charge in [0.15, 0.2) is 12.4 Å². The van der Waals surface area contributed by atoms with Crippen LogP contribution in [0.25, 0.3) is 0 Å². The Kier molecular flexibility index (Phi) is 42.7. The molecule has 364 valence electrons. The number of allylic oxidation sites excluding steroid dienone is 22. The number of unbranched alkanes of at least 4 members (excludes halogenated alkanes) is 5. The van der Waals surface area contributed by atoms with E-state index in [1.54, 1.807) is 0 Å². The Morgan fingerprint density at radius 2 is 0.862 bits per heavy atom. The maximum absolute atomic E-state index is 12.8. The maximum atomic E-state index is 12.8. The first-order valence-corrected chi connectivity index (χ1v) is 24.3. The molecule has 0 fully saturated rings. The quantitative estimate of drug-likeness (QED) is 0.0196. The van der Waals surface area contributed by atoms with Crippen LogP contribution in [-0.2, 0) is 33.3 Å². The zero-order valence-corrected chi connectivity index (χ0v) is 41.0. The lowest BCUT2D eigenvalue weighted by Crippen LogP contribution is -2.44. The second kappa shape index (κ2) is 46.0. The van der Waals surface area contributed by atoms with Crippen molar-refractivity contribution in [3.63, 3.8) is 0 Å². The van der Waals surface area contributed by atoms with Crippen LogP contribution in [-0.4, -0.2) is 82.3 Å². The first-order chi connectivity index (χ1) is 31.6. The van der Waals surface area contributed by atoms with Crippen molar-refractivity contribution < 1.29 is 42.9 Å². The van der Waals surface area contributed by atoms with Gasteiger partial charge in [0, 0.05) is 12.8 Å². The molecule has 0 aromatic heterocycles. The number of esters is 2. The van der Waals surface area contributed by atoms with E-state index in [9.17, 15) is 19.5 Å². The molecule has 9 nitrogen and oxygen atoms in total. The predicted octanol–water partition coefficient (Wildman–Crippen LogP) is 12.2. The topological polar surface area (TPSA) is 111 Å². The lowest BCUT2D eigenvalue weighted by Gasteiger charge is -2.26. The Labute approximate surface area is 395 Å². The van der Waals surface area contributed by atoms with Crippen LogP contribution in [0.4, 0.5) is 0 Å². The summed E-state index contributed by atoms with van der Waals surface area (Å²) in [6.45, 7) is 4.36. The molecule has 9 heteroatoms. The summed E-state index contributed by atoms with van der Waals surface area (Å²) in [4.78, 5) is 37.1. The van der Waals surface area contributed by atoms with Crippen molar-refractivity contribution in [3.05, 3.63) is 134 Å². The highest BCUT2D eigenvalue weighted by atomic mass is 16.7. The molecule has 0 aromatic carbocycles. The fourth-order valence-corrected chi connectivity index (χ4v) is 5.70. The van der Waals surface area contributed by atoms with Gasteiger partial charge in [-0.05, 0) is 96.3 Å². The van der Waals surface area contributed by atoms with E-state index in [0.29, 0.717) is 23.9 Å². The van der Waals surface area contributed by atoms with E-state index in [2.05, 4.69) is 135 Å². The largest absolute Gasteiger partial charge is 0.545 e. The molecular weight excluding hydrogens is 815 g/mol. The summed E-state index contributed by atoms with van der Waals surface area (Å²) in [6.07, 6.45) is 62.1. The molecule has 0 saturated carbocycles. The zero-order valence-electron chi connectivity index (χ0n) is 41.0. The Bertz CT molecular complexity index is 1520. The SMILES string of the molecule is CC/C=C\C/C=C\C/C=C\C/C=C\C/C=C\C/C=C\CCC(=O)OC(COC(=O)CCCCCCC/C=C\C/C=C\C/C=C\C/C=C\C/C=C\CC)COC(OCC[N+](C)(C)C)C(=O)[O-]. The van der Waals surface area contributed by atoms with Crippen LogP contribution in [0.1, 0.15) is 142 Å². The second-order valence-electron chi connectivity index (χ2n) is 16.6. The second-order valence-corrected chi connectivity index (χ2v) is 16.6. The number of likely N-dealkylation sites (N-methyl/N-ethyl adjacent to an activating group) is 1. The summed E-state index contributed by atoms with van der Waals surface area (Å²) in [6, 6.07) is 0. The Morgan fingerprint density at radius 3 is 1.29 bits per heavy atom. The lowest BCUT2D eigenvalue weighted by molar-refractivity contribution is -0.870. The molecule has 0 aliphatic heterocycles.